The first-order chi connectivity index (χ1) is 10.00. The normalized spacial score (nSPS) is 13.1. The third-order valence-corrected chi connectivity index (χ3v) is 9.43. The summed E-state index contributed by atoms with van der Waals surface area (Å²) in [6, 6.07) is 6.72. The van der Waals surface area contributed by atoms with E-state index in [0.717, 1.165) is 17.2 Å². The largest absolute Gasteiger partial charge is 0.351 e. The molecule has 7 nitrogen and oxygen atoms in total. The Morgan fingerprint density at radius 2 is 1.45 bits per heavy atom. The van der Waals surface area contributed by atoms with Crippen LogP contribution in [0.25, 0.3) is 0 Å². The van der Waals surface area contributed by atoms with Crippen molar-refractivity contribution in [1.29, 1.82) is 0 Å². The highest BCUT2D eigenvalue weighted by molar-refractivity contribution is 8.12. The Labute approximate surface area is 137 Å². The summed E-state index contributed by atoms with van der Waals surface area (Å²) in [6.45, 7) is 0.916. The summed E-state index contributed by atoms with van der Waals surface area (Å²) in [4.78, 5) is 39.8. The first-order valence-electron chi connectivity index (χ1n) is 6.15. The van der Waals surface area contributed by atoms with Crippen molar-refractivity contribution in [2.75, 3.05) is 26.4 Å². The summed E-state index contributed by atoms with van der Waals surface area (Å²) in [6.07, 6.45) is 0. The van der Waals surface area contributed by atoms with Crippen molar-refractivity contribution in [1.82, 2.24) is 4.90 Å². The number of nitrogens with zero attached hydrogens (tertiary/aromatic N) is 1. The molecule has 0 aliphatic heterocycles. The summed E-state index contributed by atoms with van der Waals surface area (Å²) >= 11 is 2.13. The van der Waals surface area contributed by atoms with Crippen LogP contribution in [0.5, 0.6) is 0 Å². The van der Waals surface area contributed by atoms with Gasteiger partial charge in [0, 0.05) is 22.1 Å². The molecular weight excluding hydrogens is 368 g/mol. The molecule has 0 unspecified atom stereocenters. The van der Waals surface area contributed by atoms with Crippen LogP contribution in [0.2, 0.25) is 0 Å². The lowest BCUT2D eigenvalue weighted by Gasteiger charge is -2.19. The number of thioether (sulfide) groups is 2. The quantitative estimate of drug-likeness (QED) is 0.393. The van der Waals surface area contributed by atoms with E-state index in [0.29, 0.717) is 16.7 Å². The minimum atomic E-state index is -4.91. The number of rotatable bonds is 8. The van der Waals surface area contributed by atoms with Gasteiger partial charge in [0.1, 0.15) is 0 Å². The molecule has 0 saturated carbocycles. The molecule has 22 heavy (non-hydrogen) atoms. The van der Waals surface area contributed by atoms with E-state index in [2.05, 4.69) is 4.90 Å². The lowest BCUT2D eigenvalue weighted by molar-refractivity contribution is 0.352. The fraction of sp³-hybridized carbons (Fsp3) is 0.455. The molecule has 0 radical (unpaired) electrons. The molecule has 0 aliphatic rings. The molecule has 0 spiro atoms. The average Bonchev–Trinajstić information content (AvgIpc) is 2.34. The van der Waals surface area contributed by atoms with E-state index in [9.17, 15) is 9.13 Å². The van der Waals surface area contributed by atoms with Crippen molar-refractivity contribution >= 4 is 38.7 Å². The fourth-order valence-electron chi connectivity index (χ4n) is 1.42. The van der Waals surface area contributed by atoms with Gasteiger partial charge in [-0.25, -0.2) is 0 Å². The third-order valence-electron chi connectivity index (χ3n) is 2.45. The number of hydrogen-bond acceptors (Lipinski definition) is 5. The Balaban J connectivity index is 2.74. The maximum Gasteiger partial charge on any atom is 0.351 e. The Kier molecular flexibility index (Phi) is 7.66. The standard InChI is InChI=1S/C11H19NO6P2S2/c1-12(2)7-8-21-9-3-5-10(6-4-9)22-11(19(13,14)15)20(16,17)18/h3-6,11H,7-8H2,1-2H3,(H2,13,14,15)(H2,16,17,18). The van der Waals surface area contributed by atoms with Crippen LogP contribution in [-0.4, -0.2) is 55.6 Å². The molecule has 0 amide bonds. The second-order valence-electron chi connectivity index (χ2n) is 4.75. The second kappa shape index (κ2) is 8.33. The van der Waals surface area contributed by atoms with E-state index >= 15 is 0 Å². The number of benzene rings is 1. The molecule has 0 aliphatic carbocycles. The molecule has 4 N–H and O–H groups in total. The van der Waals surface area contributed by atoms with Gasteiger partial charge in [0.2, 0.25) is 4.73 Å². The predicted octanol–water partition coefficient (Wildman–Crippen LogP) is 2.07. The van der Waals surface area contributed by atoms with Crippen LogP contribution < -0.4 is 0 Å². The Morgan fingerprint density at radius 1 is 1.00 bits per heavy atom. The SMILES string of the molecule is CN(C)CCSc1ccc(SC(P(=O)(O)O)P(=O)(O)O)cc1. The van der Waals surface area contributed by atoms with E-state index in [1.807, 2.05) is 14.1 Å². The van der Waals surface area contributed by atoms with Crippen molar-refractivity contribution < 1.29 is 28.7 Å². The molecule has 0 bridgehead atoms. The Morgan fingerprint density at radius 3 is 1.86 bits per heavy atom. The zero-order chi connectivity index (χ0) is 17.0. The van der Waals surface area contributed by atoms with Crippen molar-refractivity contribution in [3.05, 3.63) is 24.3 Å². The van der Waals surface area contributed by atoms with E-state index in [1.165, 1.54) is 0 Å². The van der Waals surface area contributed by atoms with Gasteiger partial charge in [-0.3, -0.25) is 9.13 Å². The van der Waals surface area contributed by atoms with Gasteiger partial charge in [-0.05, 0) is 38.4 Å². The molecule has 1 aromatic rings. The van der Waals surface area contributed by atoms with Crippen LogP contribution in [0.3, 0.4) is 0 Å². The van der Waals surface area contributed by atoms with E-state index < -0.39 is 19.9 Å². The molecule has 126 valence electrons. The summed E-state index contributed by atoms with van der Waals surface area (Å²) in [5, 5.41) is 0. The fourth-order valence-corrected chi connectivity index (χ4v) is 6.37. The molecular formula is C11H19NO6P2S2. The van der Waals surface area contributed by atoms with Crippen LogP contribution in [-0.2, 0) is 9.13 Å². The molecule has 0 saturated heterocycles. The summed E-state index contributed by atoms with van der Waals surface area (Å²) < 4.78 is 20.4. The molecule has 0 fully saturated rings. The molecule has 1 rings (SSSR count). The van der Waals surface area contributed by atoms with Crippen molar-refractivity contribution in [3.8, 4) is 0 Å². The smallest absolute Gasteiger partial charge is 0.323 e. The monoisotopic (exact) mass is 387 g/mol. The maximum absolute atomic E-state index is 11.2. The van der Waals surface area contributed by atoms with Gasteiger partial charge in [0.05, 0.1) is 0 Å². The Bertz CT molecular complexity index is 548. The van der Waals surface area contributed by atoms with Crippen LogP contribution in [0.1, 0.15) is 0 Å². The molecule has 1 aromatic carbocycles. The van der Waals surface area contributed by atoms with Gasteiger partial charge in [0.15, 0.2) is 0 Å². The summed E-state index contributed by atoms with van der Waals surface area (Å²) in [5.74, 6) is 0.896. The van der Waals surface area contributed by atoms with Crippen molar-refractivity contribution in [3.63, 3.8) is 0 Å². The first-order valence-corrected chi connectivity index (χ1v) is 11.4. The highest BCUT2D eigenvalue weighted by atomic mass is 32.2. The van der Waals surface area contributed by atoms with Crippen molar-refractivity contribution in [2.45, 2.75) is 14.5 Å². The molecule has 0 aromatic heterocycles. The average molecular weight is 387 g/mol. The molecule has 11 heteroatoms. The van der Waals surface area contributed by atoms with E-state index in [4.69, 9.17) is 19.6 Å². The van der Waals surface area contributed by atoms with Gasteiger partial charge < -0.3 is 24.5 Å². The van der Waals surface area contributed by atoms with Gasteiger partial charge in [0.25, 0.3) is 0 Å². The Hall–Kier alpha value is 0.180. The van der Waals surface area contributed by atoms with Crippen molar-refractivity contribution in [2.24, 2.45) is 0 Å². The van der Waals surface area contributed by atoms with E-state index in [1.54, 1.807) is 36.0 Å². The zero-order valence-corrected chi connectivity index (χ0v) is 15.5. The minimum absolute atomic E-state index is 0.397. The zero-order valence-electron chi connectivity index (χ0n) is 12.1. The lowest BCUT2D eigenvalue weighted by Crippen LogP contribution is -2.14. The lowest BCUT2D eigenvalue weighted by atomic mass is 10.4. The minimum Gasteiger partial charge on any atom is -0.323 e. The first kappa shape index (κ1) is 20.2. The topological polar surface area (TPSA) is 118 Å². The van der Waals surface area contributed by atoms with Crippen LogP contribution >= 0.6 is 38.7 Å². The summed E-state index contributed by atoms with van der Waals surface area (Å²) in [7, 11) is -5.87. The molecule has 0 heterocycles. The number of hydrogen-bond donors (Lipinski definition) is 4. The van der Waals surface area contributed by atoms with E-state index in [-0.39, 0.29) is 0 Å². The summed E-state index contributed by atoms with van der Waals surface area (Å²) in [5.41, 5.74) is 0. The predicted molar refractivity (Wildman–Crippen MR) is 89.5 cm³/mol. The van der Waals surface area contributed by atoms with Gasteiger partial charge in [-0.2, -0.15) is 0 Å². The van der Waals surface area contributed by atoms with Crippen LogP contribution in [0.4, 0.5) is 0 Å². The van der Waals surface area contributed by atoms with Gasteiger partial charge >= 0.3 is 15.2 Å². The van der Waals surface area contributed by atoms with Crippen LogP contribution in [0, 0.1) is 0 Å². The van der Waals surface area contributed by atoms with Gasteiger partial charge in [-0.15, -0.1) is 11.8 Å². The third kappa shape index (κ3) is 7.17. The highest BCUT2D eigenvalue weighted by Gasteiger charge is 2.44. The second-order valence-corrected chi connectivity index (χ2v) is 11.6. The highest BCUT2D eigenvalue weighted by Crippen LogP contribution is 2.65. The molecule has 0 atom stereocenters. The maximum atomic E-state index is 11.2. The van der Waals surface area contributed by atoms with Gasteiger partial charge in [-0.1, -0.05) is 11.8 Å². The van der Waals surface area contributed by atoms with Crippen LogP contribution in [0.15, 0.2) is 34.1 Å².